The van der Waals surface area contributed by atoms with Crippen LogP contribution in [0.4, 0.5) is 0 Å². The molecule has 0 aliphatic heterocycles. The second-order valence-electron chi connectivity index (χ2n) is 5.41. The summed E-state index contributed by atoms with van der Waals surface area (Å²) in [5.41, 5.74) is 3.34. The summed E-state index contributed by atoms with van der Waals surface area (Å²) in [6, 6.07) is 8.32. The molecular weight excluding hydrogens is 296 g/mol. The third-order valence-corrected chi connectivity index (χ3v) is 3.93. The highest BCUT2D eigenvalue weighted by molar-refractivity contribution is 7.09. The molecule has 118 valence electrons. The molecule has 2 aromatic rings. The number of hydrogen-bond donors (Lipinski definition) is 1. The van der Waals surface area contributed by atoms with Gasteiger partial charge in [-0.3, -0.25) is 4.79 Å². The van der Waals surface area contributed by atoms with Crippen LogP contribution in [0.25, 0.3) is 11.3 Å². The molecule has 2 rings (SSSR count). The highest BCUT2D eigenvalue weighted by Crippen LogP contribution is 2.21. The molecule has 0 saturated carbocycles. The van der Waals surface area contributed by atoms with Crippen molar-refractivity contribution in [1.82, 2.24) is 10.3 Å². The van der Waals surface area contributed by atoms with E-state index in [2.05, 4.69) is 39.9 Å². The Morgan fingerprint density at radius 2 is 2.05 bits per heavy atom. The molecule has 1 heterocycles. The Morgan fingerprint density at radius 1 is 1.32 bits per heavy atom. The Morgan fingerprint density at radius 3 is 2.64 bits per heavy atom. The number of rotatable bonds is 7. The number of nitrogens with one attached hydrogen (secondary N) is 1. The molecule has 0 bridgehead atoms. The summed E-state index contributed by atoms with van der Waals surface area (Å²) in [5, 5.41) is 6.00. The van der Waals surface area contributed by atoms with Gasteiger partial charge in [-0.1, -0.05) is 24.3 Å². The zero-order valence-corrected chi connectivity index (χ0v) is 14.1. The van der Waals surface area contributed by atoms with E-state index in [0.29, 0.717) is 6.54 Å². The average molecular weight is 318 g/mol. The molecule has 1 aromatic carbocycles. The molecule has 5 heteroatoms. The molecule has 1 aromatic heterocycles. The van der Waals surface area contributed by atoms with Gasteiger partial charge in [0.2, 0.25) is 5.91 Å². The summed E-state index contributed by atoms with van der Waals surface area (Å²) < 4.78 is 5.26. The van der Waals surface area contributed by atoms with E-state index < -0.39 is 0 Å². The van der Waals surface area contributed by atoms with Crippen LogP contribution in [0.5, 0.6) is 0 Å². The minimum Gasteiger partial charge on any atom is -0.369 e. The van der Waals surface area contributed by atoms with E-state index in [4.69, 9.17) is 4.74 Å². The van der Waals surface area contributed by atoms with Gasteiger partial charge in [0.25, 0.3) is 0 Å². The summed E-state index contributed by atoms with van der Waals surface area (Å²) in [6.45, 7) is 6.58. The van der Waals surface area contributed by atoms with Gasteiger partial charge < -0.3 is 10.1 Å². The van der Waals surface area contributed by atoms with Gasteiger partial charge in [-0.25, -0.2) is 4.98 Å². The number of carbonyl (C=O) groups is 1. The predicted molar refractivity (Wildman–Crippen MR) is 90.1 cm³/mol. The quantitative estimate of drug-likeness (QED) is 0.853. The zero-order chi connectivity index (χ0) is 15.9. The maximum atomic E-state index is 11.5. The number of thiazole rings is 1. The lowest BCUT2D eigenvalue weighted by atomic mass is 10.1. The molecule has 0 aliphatic carbocycles. The first kappa shape index (κ1) is 16.6. The monoisotopic (exact) mass is 318 g/mol. The first-order valence-corrected chi connectivity index (χ1v) is 8.32. The van der Waals surface area contributed by atoms with Crippen molar-refractivity contribution >= 4 is 17.2 Å². The molecule has 0 atom stereocenters. The van der Waals surface area contributed by atoms with E-state index in [1.54, 1.807) is 11.3 Å². The lowest BCUT2D eigenvalue weighted by molar-refractivity contribution is -0.127. The molecule has 0 fully saturated rings. The number of carbonyl (C=O) groups excluding carboxylic acids is 1. The maximum absolute atomic E-state index is 11.5. The standard InChI is InChI=1S/C17H22N2O2S/c1-12(2)21-10-17(20)18-9-8-14-4-6-15(7-5-14)16-11-22-13(3)19-16/h4-7,11-12H,8-10H2,1-3H3,(H,18,20). The SMILES string of the molecule is Cc1nc(-c2ccc(CCNC(=O)COC(C)C)cc2)cs1. The number of nitrogens with zero attached hydrogens (tertiary/aromatic N) is 1. The predicted octanol–water partition coefficient (Wildman–Crippen LogP) is 3.20. The maximum Gasteiger partial charge on any atom is 0.246 e. The van der Waals surface area contributed by atoms with Gasteiger partial charge >= 0.3 is 0 Å². The van der Waals surface area contributed by atoms with Crippen molar-refractivity contribution in [3.8, 4) is 11.3 Å². The summed E-state index contributed by atoms with van der Waals surface area (Å²) in [7, 11) is 0. The molecule has 22 heavy (non-hydrogen) atoms. The third-order valence-electron chi connectivity index (χ3n) is 3.15. The summed E-state index contributed by atoms with van der Waals surface area (Å²) in [6.07, 6.45) is 0.886. The van der Waals surface area contributed by atoms with Crippen molar-refractivity contribution in [3.05, 3.63) is 40.2 Å². The van der Waals surface area contributed by atoms with Crippen molar-refractivity contribution < 1.29 is 9.53 Å². The van der Waals surface area contributed by atoms with Gasteiger partial charge in [0, 0.05) is 17.5 Å². The molecule has 4 nitrogen and oxygen atoms in total. The van der Waals surface area contributed by atoms with E-state index in [9.17, 15) is 4.79 Å². The van der Waals surface area contributed by atoms with E-state index in [1.165, 1.54) is 5.56 Å². The molecule has 0 radical (unpaired) electrons. The summed E-state index contributed by atoms with van der Waals surface area (Å²) in [5.74, 6) is -0.0664. The van der Waals surface area contributed by atoms with Crippen LogP contribution in [0.15, 0.2) is 29.6 Å². The molecular formula is C17H22N2O2S. The molecule has 0 saturated heterocycles. The van der Waals surface area contributed by atoms with Gasteiger partial charge in [0.05, 0.1) is 16.8 Å². The minimum absolute atomic E-state index is 0.0664. The fourth-order valence-electron chi connectivity index (χ4n) is 1.98. The lowest BCUT2D eigenvalue weighted by Gasteiger charge is -2.08. The number of aromatic nitrogens is 1. The second-order valence-corrected chi connectivity index (χ2v) is 6.47. The number of hydrogen-bond acceptors (Lipinski definition) is 4. The van der Waals surface area contributed by atoms with E-state index in [0.717, 1.165) is 22.7 Å². The first-order chi connectivity index (χ1) is 10.5. The van der Waals surface area contributed by atoms with Gasteiger partial charge in [-0.15, -0.1) is 11.3 Å². The van der Waals surface area contributed by atoms with Crippen LogP contribution in [0.3, 0.4) is 0 Å². The molecule has 0 aliphatic rings. The average Bonchev–Trinajstić information content (AvgIpc) is 2.92. The first-order valence-electron chi connectivity index (χ1n) is 7.44. The second kappa shape index (κ2) is 8.06. The number of amides is 1. The van der Waals surface area contributed by atoms with Gasteiger partial charge in [-0.2, -0.15) is 0 Å². The highest BCUT2D eigenvalue weighted by atomic mass is 32.1. The Bertz CT molecular complexity index is 605. The van der Waals surface area contributed by atoms with Crippen molar-refractivity contribution in [3.63, 3.8) is 0 Å². The molecule has 0 unspecified atom stereocenters. The Balaban J connectivity index is 1.78. The van der Waals surface area contributed by atoms with Crippen molar-refractivity contribution in [1.29, 1.82) is 0 Å². The largest absolute Gasteiger partial charge is 0.369 e. The van der Waals surface area contributed by atoms with Gasteiger partial charge in [0.15, 0.2) is 0 Å². The molecule has 1 amide bonds. The van der Waals surface area contributed by atoms with Crippen molar-refractivity contribution in [2.45, 2.75) is 33.3 Å². The van der Waals surface area contributed by atoms with Crippen LogP contribution in [-0.2, 0) is 16.0 Å². The number of ether oxygens (including phenoxy) is 1. The summed E-state index contributed by atoms with van der Waals surface area (Å²) in [4.78, 5) is 16.0. The van der Waals surface area contributed by atoms with Gasteiger partial charge in [0.1, 0.15) is 6.61 Å². The van der Waals surface area contributed by atoms with Crippen molar-refractivity contribution in [2.24, 2.45) is 0 Å². The van der Waals surface area contributed by atoms with Gasteiger partial charge in [-0.05, 0) is 32.8 Å². The lowest BCUT2D eigenvalue weighted by Crippen LogP contribution is -2.30. The Labute approximate surface area is 135 Å². The van der Waals surface area contributed by atoms with Crippen LogP contribution in [-0.4, -0.2) is 30.1 Å². The fraction of sp³-hybridized carbons (Fsp3) is 0.412. The smallest absolute Gasteiger partial charge is 0.246 e. The Kier molecular flexibility index (Phi) is 6.10. The van der Waals surface area contributed by atoms with Crippen LogP contribution >= 0.6 is 11.3 Å². The van der Waals surface area contributed by atoms with Crippen molar-refractivity contribution in [2.75, 3.05) is 13.2 Å². The Hall–Kier alpha value is -1.72. The van der Waals surface area contributed by atoms with E-state index in [1.807, 2.05) is 20.8 Å². The number of benzene rings is 1. The van der Waals surface area contributed by atoms with Crippen LogP contribution in [0.2, 0.25) is 0 Å². The van der Waals surface area contributed by atoms with Crippen LogP contribution < -0.4 is 5.32 Å². The normalized spacial score (nSPS) is 10.9. The molecule has 1 N–H and O–H groups in total. The van der Waals surface area contributed by atoms with E-state index in [-0.39, 0.29) is 18.6 Å². The third kappa shape index (κ3) is 5.24. The zero-order valence-electron chi connectivity index (χ0n) is 13.3. The summed E-state index contributed by atoms with van der Waals surface area (Å²) >= 11 is 1.66. The minimum atomic E-state index is -0.0664. The fourth-order valence-corrected chi connectivity index (χ4v) is 2.60. The topological polar surface area (TPSA) is 51.2 Å². The molecule has 0 spiro atoms. The number of aryl methyl sites for hydroxylation is 1. The van der Waals surface area contributed by atoms with Crippen LogP contribution in [0, 0.1) is 6.92 Å². The van der Waals surface area contributed by atoms with Crippen LogP contribution in [0.1, 0.15) is 24.4 Å². The van der Waals surface area contributed by atoms with E-state index >= 15 is 0 Å². The highest BCUT2D eigenvalue weighted by Gasteiger charge is 2.04.